The van der Waals surface area contributed by atoms with Crippen molar-refractivity contribution in [2.24, 2.45) is 17.8 Å². The number of hydrogen-bond acceptors (Lipinski definition) is 4. The minimum Gasteiger partial charge on any atom is -0.454 e. The van der Waals surface area contributed by atoms with Crippen LogP contribution in [0.5, 0.6) is 11.5 Å². The molecule has 118 valence electrons. The van der Waals surface area contributed by atoms with Gasteiger partial charge in [0.05, 0.1) is 0 Å². The lowest BCUT2D eigenvalue weighted by molar-refractivity contribution is -0.113. The van der Waals surface area contributed by atoms with Gasteiger partial charge in [0, 0.05) is 11.5 Å². The van der Waals surface area contributed by atoms with Crippen molar-refractivity contribution in [1.82, 2.24) is 0 Å². The van der Waals surface area contributed by atoms with Gasteiger partial charge in [0.1, 0.15) is 12.6 Å². The number of aldehydes is 2. The van der Waals surface area contributed by atoms with Crippen molar-refractivity contribution in [3.05, 3.63) is 35.4 Å². The van der Waals surface area contributed by atoms with Crippen LogP contribution in [-0.2, 0) is 4.79 Å². The Morgan fingerprint density at radius 2 is 1.86 bits per heavy atom. The van der Waals surface area contributed by atoms with E-state index in [9.17, 15) is 9.59 Å². The lowest BCUT2D eigenvalue weighted by Gasteiger charge is -2.28. The van der Waals surface area contributed by atoms with Crippen LogP contribution in [0.4, 0.5) is 0 Å². The topological polar surface area (TPSA) is 52.6 Å². The molecule has 1 aliphatic heterocycles. The van der Waals surface area contributed by atoms with Crippen molar-refractivity contribution in [1.29, 1.82) is 0 Å². The van der Waals surface area contributed by atoms with Gasteiger partial charge < -0.3 is 14.3 Å². The molecule has 0 aromatic heterocycles. The fourth-order valence-electron chi connectivity index (χ4n) is 3.03. The summed E-state index contributed by atoms with van der Waals surface area (Å²) in [6, 6.07) is 5.09. The average molecular weight is 302 g/mol. The van der Waals surface area contributed by atoms with Gasteiger partial charge in [-0.1, -0.05) is 25.5 Å². The van der Waals surface area contributed by atoms with E-state index in [1.807, 2.05) is 0 Å². The Hall–Kier alpha value is -2.10. The highest BCUT2D eigenvalue weighted by molar-refractivity contribution is 5.76. The molecule has 1 aromatic rings. The summed E-state index contributed by atoms with van der Waals surface area (Å²) in [5, 5.41) is 0. The highest BCUT2D eigenvalue weighted by atomic mass is 16.7. The summed E-state index contributed by atoms with van der Waals surface area (Å²) in [6.45, 7) is 6.68. The highest BCUT2D eigenvalue weighted by Crippen LogP contribution is 2.32. The molecule has 0 saturated carbocycles. The molecule has 0 spiro atoms. The zero-order valence-electron chi connectivity index (χ0n) is 13.2. The van der Waals surface area contributed by atoms with Crippen LogP contribution in [0.1, 0.15) is 37.6 Å². The normalized spacial score (nSPS) is 25.6. The molecular weight excluding hydrogens is 280 g/mol. The summed E-state index contributed by atoms with van der Waals surface area (Å²) in [6.07, 6.45) is 5.20. The van der Waals surface area contributed by atoms with Crippen LogP contribution in [0.15, 0.2) is 29.8 Å². The molecule has 0 bridgehead atoms. The zero-order valence-corrected chi connectivity index (χ0v) is 13.2. The Labute approximate surface area is 131 Å². The predicted octanol–water partition coefficient (Wildman–Crippen LogP) is 3.65. The number of carbonyl (C=O) groups is 2. The molecule has 3 rings (SSSR count). The van der Waals surface area contributed by atoms with Crippen LogP contribution in [0.2, 0.25) is 0 Å². The molecule has 3 unspecified atom stereocenters. The number of rotatable bonds is 2. The van der Waals surface area contributed by atoms with Gasteiger partial charge in [-0.15, -0.1) is 0 Å². The van der Waals surface area contributed by atoms with Gasteiger partial charge >= 0.3 is 0 Å². The van der Waals surface area contributed by atoms with Gasteiger partial charge in [-0.3, -0.25) is 4.79 Å². The minimum absolute atomic E-state index is 0.248. The van der Waals surface area contributed by atoms with E-state index in [0.717, 1.165) is 19.0 Å². The summed E-state index contributed by atoms with van der Waals surface area (Å²) < 4.78 is 10.1. The first kappa shape index (κ1) is 16.3. The van der Waals surface area contributed by atoms with Gasteiger partial charge in [-0.05, 0) is 43.4 Å². The first-order valence-corrected chi connectivity index (χ1v) is 7.52. The van der Waals surface area contributed by atoms with Crippen LogP contribution >= 0.6 is 0 Å². The summed E-state index contributed by atoms with van der Waals surface area (Å²) in [5.74, 6) is 2.58. The van der Waals surface area contributed by atoms with Crippen LogP contribution in [0.25, 0.3) is 0 Å². The average Bonchev–Trinajstić information content (AvgIpc) is 2.94. The quantitative estimate of drug-likeness (QED) is 0.618. The summed E-state index contributed by atoms with van der Waals surface area (Å²) in [4.78, 5) is 21.0. The molecule has 0 amide bonds. The van der Waals surface area contributed by atoms with Crippen LogP contribution in [-0.4, -0.2) is 19.4 Å². The third-order valence-electron chi connectivity index (χ3n) is 4.15. The maximum atomic E-state index is 10.7. The van der Waals surface area contributed by atoms with E-state index >= 15 is 0 Å². The first-order valence-electron chi connectivity index (χ1n) is 7.52. The van der Waals surface area contributed by atoms with Gasteiger partial charge in [0.15, 0.2) is 11.5 Å². The fraction of sp³-hybridized carbons (Fsp3) is 0.444. The van der Waals surface area contributed by atoms with Crippen molar-refractivity contribution < 1.29 is 19.1 Å². The van der Waals surface area contributed by atoms with Crippen LogP contribution < -0.4 is 9.47 Å². The van der Waals surface area contributed by atoms with E-state index in [1.165, 1.54) is 5.57 Å². The standard InChI is InChI=1S/C10H16O.C8H6O3/c1-7-4-8(2)10(6-11)9(3)5-7;9-4-6-1-2-7-8(3-6)11-5-10-7/h4,6,8-10H,5H2,1-3H3;1-4H,5H2. The number of ether oxygens (including phenoxy) is 2. The Balaban J connectivity index is 0.000000160. The molecule has 0 saturated heterocycles. The maximum absolute atomic E-state index is 10.7. The largest absolute Gasteiger partial charge is 0.454 e. The van der Waals surface area contributed by atoms with Crippen molar-refractivity contribution in [2.45, 2.75) is 27.2 Å². The second-order valence-corrected chi connectivity index (χ2v) is 6.00. The van der Waals surface area contributed by atoms with Crippen molar-refractivity contribution in [3.63, 3.8) is 0 Å². The monoisotopic (exact) mass is 302 g/mol. The van der Waals surface area contributed by atoms with Crippen molar-refractivity contribution >= 4 is 12.6 Å². The lowest BCUT2D eigenvalue weighted by atomic mass is 9.76. The second kappa shape index (κ2) is 7.25. The molecule has 3 atom stereocenters. The molecule has 0 fully saturated rings. The molecule has 4 nitrogen and oxygen atoms in total. The Morgan fingerprint density at radius 3 is 2.50 bits per heavy atom. The minimum atomic E-state index is 0.248. The van der Waals surface area contributed by atoms with Crippen molar-refractivity contribution in [3.8, 4) is 11.5 Å². The van der Waals surface area contributed by atoms with E-state index in [2.05, 4.69) is 26.8 Å². The third-order valence-corrected chi connectivity index (χ3v) is 4.15. The fourth-order valence-corrected chi connectivity index (χ4v) is 3.03. The molecule has 1 aliphatic carbocycles. The highest BCUT2D eigenvalue weighted by Gasteiger charge is 2.25. The van der Waals surface area contributed by atoms with Gasteiger partial charge in [-0.25, -0.2) is 0 Å². The maximum Gasteiger partial charge on any atom is 0.231 e. The van der Waals surface area contributed by atoms with Gasteiger partial charge in [0.2, 0.25) is 6.79 Å². The number of allylic oxidation sites excluding steroid dienone is 2. The molecular formula is C18H22O4. The smallest absolute Gasteiger partial charge is 0.231 e. The van der Waals surface area contributed by atoms with Crippen LogP contribution in [0.3, 0.4) is 0 Å². The predicted molar refractivity (Wildman–Crippen MR) is 84.2 cm³/mol. The summed E-state index contributed by atoms with van der Waals surface area (Å²) in [7, 11) is 0. The lowest BCUT2D eigenvalue weighted by Crippen LogP contribution is -2.24. The third kappa shape index (κ3) is 3.75. The molecule has 1 aromatic carbocycles. The SMILES string of the molecule is CC1=CC(C)C(C=O)C(C)C1.O=Cc1ccc2c(c1)OCO2. The van der Waals surface area contributed by atoms with E-state index in [0.29, 0.717) is 28.9 Å². The number of hydrogen-bond donors (Lipinski definition) is 0. The Bertz CT molecular complexity index is 576. The first-order chi connectivity index (χ1) is 10.5. The summed E-state index contributed by atoms with van der Waals surface area (Å²) >= 11 is 0. The Morgan fingerprint density at radius 1 is 1.14 bits per heavy atom. The molecule has 0 radical (unpaired) electrons. The zero-order chi connectivity index (χ0) is 16.1. The van der Waals surface area contributed by atoms with E-state index in [1.54, 1.807) is 18.2 Å². The number of benzene rings is 1. The van der Waals surface area contributed by atoms with Crippen LogP contribution in [0, 0.1) is 17.8 Å². The van der Waals surface area contributed by atoms with E-state index in [-0.39, 0.29) is 12.7 Å². The van der Waals surface area contributed by atoms with Gasteiger partial charge in [0.25, 0.3) is 0 Å². The summed E-state index contributed by atoms with van der Waals surface area (Å²) in [5.41, 5.74) is 2.04. The Kier molecular flexibility index (Phi) is 5.36. The van der Waals surface area contributed by atoms with Gasteiger partial charge in [-0.2, -0.15) is 0 Å². The van der Waals surface area contributed by atoms with Crippen molar-refractivity contribution in [2.75, 3.05) is 6.79 Å². The van der Waals surface area contributed by atoms with E-state index < -0.39 is 0 Å². The number of carbonyl (C=O) groups excluding carboxylic acids is 2. The molecule has 1 heterocycles. The number of fused-ring (bicyclic) bond motifs is 1. The van der Waals surface area contributed by atoms with E-state index in [4.69, 9.17) is 9.47 Å². The molecule has 22 heavy (non-hydrogen) atoms. The molecule has 4 heteroatoms. The molecule has 2 aliphatic rings. The second-order valence-electron chi connectivity index (χ2n) is 6.00. The molecule has 0 N–H and O–H groups in total.